The summed E-state index contributed by atoms with van der Waals surface area (Å²) in [6.45, 7) is 3.09. The van der Waals surface area contributed by atoms with Gasteiger partial charge in [-0.2, -0.15) is 0 Å². The van der Waals surface area contributed by atoms with E-state index >= 15 is 0 Å². The number of ether oxygens (including phenoxy) is 1. The molecule has 1 saturated carbocycles. The summed E-state index contributed by atoms with van der Waals surface area (Å²) >= 11 is 6.37. The van der Waals surface area contributed by atoms with Crippen molar-refractivity contribution in [1.82, 2.24) is 5.32 Å². The van der Waals surface area contributed by atoms with E-state index in [1.165, 1.54) is 43.2 Å². The Morgan fingerprint density at radius 2 is 1.88 bits per heavy atom. The first-order valence-electron chi connectivity index (χ1n) is 9.92. The van der Waals surface area contributed by atoms with Crippen molar-refractivity contribution in [3.8, 4) is 5.75 Å². The second-order valence-corrected chi connectivity index (χ2v) is 8.37. The van der Waals surface area contributed by atoms with E-state index in [0.717, 1.165) is 35.7 Å². The molecular formula is C23H28ClNO. The van der Waals surface area contributed by atoms with Crippen molar-refractivity contribution < 1.29 is 4.74 Å². The minimum Gasteiger partial charge on any atom is -0.487 e. The average molecular weight is 370 g/mol. The minimum absolute atomic E-state index is 0.00819. The third-order valence-electron chi connectivity index (χ3n) is 5.95. The molecule has 26 heavy (non-hydrogen) atoms. The molecule has 0 bridgehead atoms. The highest BCUT2D eigenvalue weighted by Crippen LogP contribution is 2.48. The number of hydrogen-bond donors (Lipinski definition) is 1. The predicted molar refractivity (Wildman–Crippen MR) is 108 cm³/mol. The second kappa shape index (κ2) is 7.62. The average Bonchev–Trinajstić information content (AvgIpc) is 2.64. The second-order valence-electron chi connectivity index (χ2n) is 7.93. The Kier molecular flexibility index (Phi) is 5.24. The maximum atomic E-state index is 6.64. The lowest BCUT2D eigenvalue weighted by Gasteiger charge is -2.45. The van der Waals surface area contributed by atoms with Crippen LogP contribution in [0.5, 0.6) is 5.75 Å². The molecule has 3 heteroatoms. The topological polar surface area (TPSA) is 21.3 Å². The summed E-state index contributed by atoms with van der Waals surface area (Å²) in [5.74, 6) is 1.07. The molecule has 1 aliphatic carbocycles. The number of hydrogen-bond acceptors (Lipinski definition) is 2. The zero-order valence-corrected chi connectivity index (χ0v) is 16.3. The Morgan fingerprint density at radius 3 is 2.65 bits per heavy atom. The van der Waals surface area contributed by atoms with E-state index < -0.39 is 0 Å². The van der Waals surface area contributed by atoms with Gasteiger partial charge in [0.1, 0.15) is 11.4 Å². The number of nitrogens with one attached hydrogen (secondary N) is 1. The molecule has 0 aromatic heterocycles. The van der Waals surface area contributed by atoms with Crippen molar-refractivity contribution in [1.29, 1.82) is 0 Å². The molecule has 0 saturated heterocycles. The summed E-state index contributed by atoms with van der Waals surface area (Å²) in [6, 6.07) is 15.1. The molecule has 1 aliphatic heterocycles. The maximum absolute atomic E-state index is 6.64. The van der Waals surface area contributed by atoms with E-state index in [0.29, 0.717) is 6.04 Å². The Bertz CT molecular complexity index is 752. The van der Waals surface area contributed by atoms with Crippen LogP contribution < -0.4 is 10.1 Å². The van der Waals surface area contributed by atoms with E-state index in [2.05, 4.69) is 48.6 Å². The fraction of sp³-hybridized carbons (Fsp3) is 0.478. The van der Waals surface area contributed by atoms with Crippen LogP contribution >= 0.6 is 11.6 Å². The van der Waals surface area contributed by atoms with Gasteiger partial charge < -0.3 is 10.1 Å². The smallest absolute Gasteiger partial charge is 0.127 e. The van der Waals surface area contributed by atoms with E-state index in [4.69, 9.17) is 16.3 Å². The Morgan fingerprint density at radius 1 is 1.12 bits per heavy atom. The van der Waals surface area contributed by atoms with Crippen molar-refractivity contribution >= 4 is 11.6 Å². The van der Waals surface area contributed by atoms with E-state index in [-0.39, 0.29) is 5.60 Å². The van der Waals surface area contributed by atoms with Gasteiger partial charge in [-0.05, 0) is 68.8 Å². The highest BCUT2D eigenvalue weighted by Gasteiger charge is 2.42. The lowest BCUT2D eigenvalue weighted by atomic mass is 9.76. The van der Waals surface area contributed by atoms with E-state index in [9.17, 15) is 0 Å². The number of aryl methyl sites for hydroxylation is 1. The van der Waals surface area contributed by atoms with Crippen LogP contribution in [0.3, 0.4) is 0 Å². The van der Waals surface area contributed by atoms with Gasteiger partial charge >= 0.3 is 0 Å². The zero-order chi connectivity index (χ0) is 18.0. The first-order valence-corrected chi connectivity index (χ1v) is 10.3. The standard InChI is InChI=1S/C23H28ClNO/c1-17-14-19(24)15-20-21(25-13-10-18-8-4-2-5-9-18)16-23(26-22(17)20)11-6-3-7-12-23/h2,4-5,8-9,14-15,21,25H,3,6-7,10-13,16H2,1H3. The Balaban J connectivity index is 1.56. The maximum Gasteiger partial charge on any atom is 0.127 e. The van der Waals surface area contributed by atoms with Crippen LogP contribution in [-0.4, -0.2) is 12.1 Å². The third-order valence-corrected chi connectivity index (χ3v) is 6.17. The number of rotatable bonds is 4. The van der Waals surface area contributed by atoms with Gasteiger partial charge in [-0.1, -0.05) is 48.4 Å². The summed E-state index contributed by atoms with van der Waals surface area (Å²) in [7, 11) is 0. The minimum atomic E-state index is 0.00819. The summed E-state index contributed by atoms with van der Waals surface area (Å²) in [5, 5.41) is 4.62. The van der Waals surface area contributed by atoms with Gasteiger partial charge in [0.15, 0.2) is 0 Å². The molecule has 0 radical (unpaired) electrons. The van der Waals surface area contributed by atoms with Crippen molar-refractivity contribution in [2.45, 2.75) is 63.5 Å². The molecule has 1 unspecified atom stereocenters. The summed E-state index contributed by atoms with van der Waals surface area (Å²) in [5.41, 5.74) is 3.78. The number of benzene rings is 2. The molecular weight excluding hydrogens is 342 g/mol. The molecule has 4 rings (SSSR count). The van der Waals surface area contributed by atoms with Crippen LogP contribution in [-0.2, 0) is 6.42 Å². The van der Waals surface area contributed by atoms with Crippen molar-refractivity contribution in [3.63, 3.8) is 0 Å². The molecule has 2 nitrogen and oxygen atoms in total. The first kappa shape index (κ1) is 17.9. The SMILES string of the molecule is Cc1cc(Cl)cc2c1OC1(CCCCC1)CC2NCCc1ccccc1. The van der Waals surface area contributed by atoms with Gasteiger partial charge in [-0.25, -0.2) is 0 Å². The van der Waals surface area contributed by atoms with Gasteiger partial charge in [-0.3, -0.25) is 0 Å². The van der Waals surface area contributed by atoms with Crippen LogP contribution in [0, 0.1) is 6.92 Å². The van der Waals surface area contributed by atoms with E-state index in [1.807, 2.05) is 6.07 Å². The number of fused-ring (bicyclic) bond motifs is 1. The third kappa shape index (κ3) is 3.77. The zero-order valence-electron chi connectivity index (χ0n) is 15.6. The van der Waals surface area contributed by atoms with Crippen LogP contribution in [0.25, 0.3) is 0 Å². The number of halogens is 1. The highest BCUT2D eigenvalue weighted by molar-refractivity contribution is 6.30. The largest absolute Gasteiger partial charge is 0.487 e. The van der Waals surface area contributed by atoms with Gasteiger partial charge in [0, 0.05) is 23.0 Å². The fourth-order valence-corrected chi connectivity index (χ4v) is 4.90. The molecule has 1 N–H and O–H groups in total. The molecule has 1 heterocycles. The van der Waals surface area contributed by atoms with Gasteiger partial charge in [0.25, 0.3) is 0 Å². The van der Waals surface area contributed by atoms with Crippen LogP contribution in [0.15, 0.2) is 42.5 Å². The monoisotopic (exact) mass is 369 g/mol. The Labute approximate surface area is 161 Å². The van der Waals surface area contributed by atoms with E-state index in [1.54, 1.807) is 0 Å². The Hall–Kier alpha value is -1.51. The fourth-order valence-electron chi connectivity index (χ4n) is 4.61. The normalized spacial score (nSPS) is 21.2. The first-order chi connectivity index (χ1) is 12.7. The van der Waals surface area contributed by atoms with Crippen molar-refractivity contribution in [2.24, 2.45) is 0 Å². The molecule has 138 valence electrons. The van der Waals surface area contributed by atoms with Crippen LogP contribution in [0.4, 0.5) is 0 Å². The molecule has 1 spiro atoms. The van der Waals surface area contributed by atoms with Gasteiger partial charge in [0.05, 0.1) is 0 Å². The van der Waals surface area contributed by atoms with Crippen molar-refractivity contribution in [2.75, 3.05) is 6.54 Å². The lowest BCUT2D eigenvalue weighted by Crippen LogP contribution is -2.46. The van der Waals surface area contributed by atoms with Crippen LogP contribution in [0.1, 0.15) is 61.3 Å². The summed E-state index contributed by atoms with van der Waals surface area (Å²) in [4.78, 5) is 0. The summed E-state index contributed by atoms with van der Waals surface area (Å²) < 4.78 is 6.64. The lowest BCUT2D eigenvalue weighted by molar-refractivity contribution is -0.00322. The predicted octanol–water partition coefficient (Wildman–Crippen LogP) is 6.01. The van der Waals surface area contributed by atoms with Gasteiger partial charge in [-0.15, -0.1) is 0 Å². The van der Waals surface area contributed by atoms with Crippen LogP contribution in [0.2, 0.25) is 5.02 Å². The summed E-state index contributed by atoms with van der Waals surface area (Å²) in [6.07, 6.45) is 8.33. The molecule has 2 aromatic rings. The molecule has 2 aromatic carbocycles. The molecule has 0 amide bonds. The molecule has 1 atom stereocenters. The highest BCUT2D eigenvalue weighted by atomic mass is 35.5. The van der Waals surface area contributed by atoms with Crippen molar-refractivity contribution in [3.05, 3.63) is 64.2 Å². The quantitative estimate of drug-likeness (QED) is 0.712. The molecule has 2 aliphatic rings. The van der Waals surface area contributed by atoms with Gasteiger partial charge in [0.2, 0.25) is 0 Å². The molecule has 1 fully saturated rings.